The van der Waals surface area contributed by atoms with Gasteiger partial charge in [-0.1, -0.05) is 15.9 Å². The minimum absolute atomic E-state index is 0.0714. The number of anilines is 1. The number of aliphatic hydroxyl groups is 1. The SMILES string of the molecule is O=C1c2cc(Br)cc(Br)c2NCN1C1CCC(O)CC1. The molecule has 108 valence electrons. The highest BCUT2D eigenvalue weighted by molar-refractivity contribution is 9.11. The van der Waals surface area contributed by atoms with Crippen LogP contribution in [0.3, 0.4) is 0 Å². The predicted octanol–water partition coefficient (Wildman–Crippen LogP) is 3.34. The first kappa shape index (κ1) is 14.4. The molecule has 4 nitrogen and oxygen atoms in total. The van der Waals surface area contributed by atoms with Crippen molar-refractivity contribution >= 4 is 43.5 Å². The minimum atomic E-state index is -0.199. The number of aliphatic hydroxyl groups excluding tert-OH is 1. The molecular formula is C14H16Br2N2O2. The van der Waals surface area contributed by atoms with Crippen molar-refractivity contribution in [3.05, 3.63) is 26.6 Å². The molecule has 2 N–H and O–H groups in total. The van der Waals surface area contributed by atoms with Gasteiger partial charge in [-0.15, -0.1) is 0 Å². The molecule has 20 heavy (non-hydrogen) atoms. The van der Waals surface area contributed by atoms with Crippen LogP contribution < -0.4 is 5.32 Å². The van der Waals surface area contributed by atoms with E-state index >= 15 is 0 Å². The number of benzene rings is 1. The topological polar surface area (TPSA) is 52.6 Å². The molecule has 0 unspecified atom stereocenters. The molecule has 1 aromatic rings. The quantitative estimate of drug-likeness (QED) is 0.755. The second-order valence-electron chi connectivity index (χ2n) is 5.38. The van der Waals surface area contributed by atoms with Gasteiger partial charge < -0.3 is 15.3 Å². The maximum atomic E-state index is 12.7. The number of fused-ring (bicyclic) bond motifs is 1. The van der Waals surface area contributed by atoms with Crippen LogP contribution in [0.25, 0.3) is 0 Å². The van der Waals surface area contributed by atoms with Gasteiger partial charge in [-0.3, -0.25) is 4.79 Å². The lowest BCUT2D eigenvalue weighted by Crippen LogP contribution is -2.48. The Labute approximate surface area is 134 Å². The first-order chi connectivity index (χ1) is 9.56. The van der Waals surface area contributed by atoms with Crippen molar-refractivity contribution in [3.8, 4) is 0 Å². The smallest absolute Gasteiger partial charge is 0.257 e. The summed E-state index contributed by atoms with van der Waals surface area (Å²) in [6, 6.07) is 4.02. The molecule has 2 aliphatic rings. The third kappa shape index (κ3) is 2.61. The van der Waals surface area contributed by atoms with Crippen molar-refractivity contribution in [1.29, 1.82) is 0 Å². The average molecular weight is 404 g/mol. The van der Waals surface area contributed by atoms with E-state index in [4.69, 9.17) is 0 Å². The van der Waals surface area contributed by atoms with E-state index in [-0.39, 0.29) is 18.1 Å². The maximum Gasteiger partial charge on any atom is 0.257 e. The first-order valence-corrected chi connectivity index (χ1v) is 8.37. The molecule has 1 saturated carbocycles. The largest absolute Gasteiger partial charge is 0.393 e. The van der Waals surface area contributed by atoms with E-state index in [1.54, 1.807) is 0 Å². The molecule has 0 bridgehead atoms. The van der Waals surface area contributed by atoms with Gasteiger partial charge in [-0.25, -0.2) is 0 Å². The van der Waals surface area contributed by atoms with Crippen molar-refractivity contribution < 1.29 is 9.90 Å². The Morgan fingerprint density at radius 1 is 1.20 bits per heavy atom. The number of halogens is 2. The molecule has 0 radical (unpaired) electrons. The average Bonchev–Trinajstić information content (AvgIpc) is 2.41. The lowest BCUT2D eigenvalue weighted by molar-refractivity contribution is 0.0507. The molecule has 6 heteroatoms. The van der Waals surface area contributed by atoms with Crippen LogP contribution in [0.2, 0.25) is 0 Å². The lowest BCUT2D eigenvalue weighted by atomic mass is 9.91. The summed E-state index contributed by atoms with van der Waals surface area (Å²) in [5.41, 5.74) is 1.56. The Morgan fingerprint density at radius 3 is 2.60 bits per heavy atom. The number of carbonyl (C=O) groups is 1. The second-order valence-corrected chi connectivity index (χ2v) is 7.15. The zero-order chi connectivity index (χ0) is 14.3. The summed E-state index contributed by atoms with van der Waals surface area (Å²) in [5, 5.41) is 12.9. The van der Waals surface area contributed by atoms with Crippen LogP contribution in [0, 0.1) is 0 Å². The van der Waals surface area contributed by atoms with Crippen molar-refractivity contribution in [3.63, 3.8) is 0 Å². The molecule has 1 amide bonds. The third-order valence-corrected chi connectivity index (χ3v) is 5.16. The molecule has 1 aliphatic carbocycles. The highest BCUT2D eigenvalue weighted by Gasteiger charge is 2.33. The van der Waals surface area contributed by atoms with Crippen molar-refractivity contribution in [2.24, 2.45) is 0 Å². The molecule has 1 heterocycles. The highest BCUT2D eigenvalue weighted by atomic mass is 79.9. The number of amides is 1. The van der Waals surface area contributed by atoms with Gasteiger partial charge in [0.1, 0.15) is 0 Å². The van der Waals surface area contributed by atoms with Crippen LogP contribution in [0.1, 0.15) is 36.0 Å². The van der Waals surface area contributed by atoms with Gasteiger partial charge >= 0.3 is 0 Å². The molecule has 1 aliphatic heterocycles. The Hall–Kier alpha value is -0.590. The minimum Gasteiger partial charge on any atom is -0.393 e. The van der Waals surface area contributed by atoms with Crippen molar-refractivity contribution in [2.45, 2.75) is 37.8 Å². The summed E-state index contributed by atoms with van der Waals surface area (Å²) >= 11 is 6.92. The summed E-state index contributed by atoms with van der Waals surface area (Å²) in [5.74, 6) is 0.0714. The fourth-order valence-electron chi connectivity index (χ4n) is 2.98. The molecule has 1 aromatic carbocycles. The van der Waals surface area contributed by atoms with Crippen LogP contribution in [0.5, 0.6) is 0 Å². The number of nitrogens with zero attached hydrogens (tertiary/aromatic N) is 1. The molecule has 0 saturated heterocycles. The number of carbonyl (C=O) groups excluding carboxylic acids is 1. The van der Waals surface area contributed by atoms with Gasteiger partial charge in [0.05, 0.1) is 24.0 Å². The van der Waals surface area contributed by atoms with E-state index in [0.717, 1.165) is 40.3 Å². The zero-order valence-electron chi connectivity index (χ0n) is 10.9. The Balaban J connectivity index is 1.85. The van der Waals surface area contributed by atoms with Crippen LogP contribution >= 0.6 is 31.9 Å². The van der Waals surface area contributed by atoms with Gasteiger partial charge in [0, 0.05) is 15.0 Å². The van der Waals surface area contributed by atoms with E-state index in [2.05, 4.69) is 37.2 Å². The summed E-state index contributed by atoms with van der Waals surface area (Å²) in [4.78, 5) is 14.6. The van der Waals surface area contributed by atoms with Gasteiger partial charge in [0.25, 0.3) is 5.91 Å². The standard InChI is InChI=1S/C14H16Br2N2O2/c15-8-5-11-13(12(16)6-8)17-7-18(14(11)20)9-1-3-10(19)4-2-9/h5-6,9-10,17,19H,1-4,7H2. The number of rotatable bonds is 1. The molecule has 3 rings (SSSR count). The fourth-order valence-corrected chi connectivity index (χ4v) is 4.34. The number of nitrogens with one attached hydrogen (secondary N) is 1. The second kappa shape index (κ2) is 5.66. The van der Waals surface area contributed by atoms with E-state index in [9.17, 15) is 9.90 Å². The summed E-state index contributed by atoms with van der Waals surface area (Å²) < 4.78 is 1.79. The normalized spacial score (nSPS) is 26.1. The van der Waals surface area contributed by atoms with Crippen LogP contribution in [0.15, 0.2) is 21.1 Å². The molecule has 0 spiro atoms. The number of hydrogen-bond donors (Lipinski definition) is 2. The molecule has 0 atom stereocenters. The monoisotopic (exact) mass is 402 g/mol. The van der Waals surface area contributed by atoms with Gasteiger partial charge in [-0.2, -0.15) is 0 Å². The van der Waals surface area contributed by atoms with E-state index in [1.165, 1.54) is 0 Å². The molecule has 1 fully saturated rings. The Kier molecular flexibility index (Phi) is 4.06. The van der Waals surface area contributed by atoms with Crippen LogP contribution in [0.4, 0.5) is 5.69 Å². The lowest BCUT2D eigenvalue weighted by Gasteiger charge is -2.39. The van der Waals surface area contributed by atoms with E-state index in [0.29, 0.717) is 12.2 Å². The fraction of sp³-hybridized carbons (Fsp3) is 0.500. The van der Waals surface area contributed by atoms with Crippen LogP contribution in [-0.2, 0) is 0 Å². The maximum absolute atomic E-state index is 12.7. The van der Waals surface area contributed by atoms with E-state index in [1.807, 2.05) is 17.0 Å². The molecule has 0 aromatic heterocycles. The Morgan fingerprint density at radius 2 is 1.90 bits per heavy atom. The van der Waals surface area contributed by atoms with Crippen molar-refractivity contribution in [1.82, 2.24) is 4.90 Å². The predicted molar refractivity (Wildman–Crippen MR) is 84.8 cm³/mol. The first-order valence-electron chi connectivity index (χ1n) is 6.78. The summed E-state index contributed by atoms with van der Waals surface area (Å²) in [6.45, 7) is 0.535. The summed E-state index contributed by atoms with van der Waals surface area (Å²) in [6.07, 6.45) is 3.11. The highest BCUT2D eigenvalue weighted by Crippen LogP contribution is 2.35. The van der Waals surface area contributed by atoms with Crippen LogP contribution in [-0.4, -0.2) is 34.7 Å². The number of hydrogen-bond acceptors (Lipinski definition) is 3. The zero-order valence-corrected chi connectivity index (χ0v) is 14.1. The van der Waals surface area contributed by atoms with Gasteiger partial charge in [-0.05, 0) is 53.7 Å². The van der Waals surface area contributed by atoms with E-state index < -0.39 is 0 Å². The Bertz CT molecular complexity index is 542. The van der Waals surface area contributed by atoms with Gasteiger partial charge in [0.15, 0.2) is 0 Å². The molecular weight excluding hydrogens is 388 g/mol. The third-order valence-electron chi connectivity index (χ3n) is 4.08. The van der Waals surface area contributed by atoms with Crippen molar-refractivity contribution in [2.75, 3.05) is 12.0 Å². The van der Waals surface area contributed by atoms with Gasteiger partial charge in [0.2, 0.25) is 0 Å². The summed E-state index contributed by atoms with van der Waals surface area (Å²) in [7, 11) is 0.